The third-order valence-electron chi connectivity index (χ3n) is 3.59. The zero-order chi connectivity index (χ0) is 14.0. The lowest BCUT2D eigenvalue weighted by molar-refractivity contribution is 0.168. The third-order valence-corrected chi connectivity index (χ3v) is 3.94. The van der Waals surface area contributed by atoms with Crippen LogP contribution in [0.2, 0.25) is 5.02 Å². The van der Waals surface area contributed by atoms with Crippen molar-refractivity contribution in [1.82, 2.24) is 9.78 Å². The van der Waals surface area contributed by atoms with E-state index in [1.54, 1.807) is 6.07 Å². The molecule has 1 N–H and O–H groups in total. The summed E-state index contributed by atoms with van der Waals surface area (Å²) >= 11 is 6.09. The van der Waals surface area contributed by atoms with Crippen LogP contribution in [0.25, 0.3) is 0 Å². The molecule has 0 aliphatic rings. The van der Waals surface area contributed by atoms with E-state index in [-0.39, 0.29) is 0 Å². The molecule has 19 heavy (non-hydrogen) atoms. The average Bonchev–Trinajstić information content (AvgIpc) is 2.61. The van der Waals surface area contributed by atoms with Gasteiger partial charge < -0.3 is 5.11 Å². The SMILES string of the molecule is Cc1nn(C)c(C)c1CCC(O)c1ccccc1Cl. The lowest BCUT2D eigenvalue weighted by Gasteiger charge is -2.12. The first-order valence-electron chi connectivity index (χ1n) is 6.42. The summed E-state index contributed by atoms with van der Waals surface area (Å²) in [5.41, 5.74) is 4.20. The van der Waals surface area contributed by atoms with Crippen LogP contribution < -0.4 is 0 Å². The molecule has 0 saturated carbocycles. The van der Waals surface area contributed by atoms with Gasteiger partial charge in [0, 0.05) is 17.8 Å². The summed E-state index contributed by atoms with van der Waals surface area (Å²) in [5.74, 6) is 0. The summed E-state index contributed by atoms with van der Waals surface area (Å²) in [6.45, 7) is 4.06. The number of halogens is 1. The molecule has 0 amide bonds. The molecule has 1 unspecified atom stereocenters. The highest BCUT2D eigenvalue weighted by Gasteiger charge is 2.14. The fraction of sp³-hybridized carbons (Fsp3) is 0.400. The number of benzene rings is 1. The lowest BCUT2D eigenvalue weighted by Crippen LogP contribution is -2.02. The molecular formula is C15H19ClN2O. The molecule has 0 aliphatic heterocycles. The Morgan fingerprint density at radius 2 is 2.00 bits per heavy atom. The Kier molecular flexibility index (Phi) is 4.27. The smallest absolute Gasteiger partial charge is 0.0807 e. The Balaban J connectivity index is 2.09. The molecule has 102 valence electrons. The van der Waals surface area contributed by atoms with Crippen molar-refractivity contribution in [2.45, 2.75) is 32.8 Å². The first kappa shape index (κ1) is 14.1. The van der Waals surface area contributed by atoms with Crippen LogP contribution in [-0.2, 0) is 13.5 Å². The van der Waals surface area contributed by atoms with Gasteiger partial charge in [-0.25, -0.2) is 0 Å². The highest BCUT2D eigenvalue weighted by atomic mass is 35.5. The number of aromatic nitrogens is 2. The molecule has 0 aliphatic carbocycles. The minimum absolute atomic E-state index is 0.535. The van der Waals surface area contributed by atoms with Crippen molar-refractivity contribution in [3.63, 3.8) is 0 Å². The molecule has 1 heterocycles. The van der Waals surface area contributed by atoms with Gasteiger partial charge >= 0.3 is 0 Å². The molecule has 1 aromatic carbocycles. The number of rotatable bonds is 4. The number of hydrogen-bond acceptors (Lipinski definition) is 2. The molecular weight excluding hydrogens is 260 g/mol. The van der Waals surface area contributed by atoms with Crippen molar-refractivity contribution in [3.8, 4) is 0 Å². The zero-order valence-corrected chi connectivity index (χ0v) is 12.3. The standard InChI is InChI=1S/C15H19ClN2O/c1-10-12(11(2)18(3)17-10)8-9-15(19)13-6-4-5-7-14(13)16/h4-7,15,19H,8-9H2,1-3H3. The molecule has 3 nitrogen and oxygen atoms in total. The van der Waals surface area contributed by atoms with Gasteiger partial charge in [-0.1, -0.05) is 29.8 Å². The molecule has 0 bridgehead atoms. The molecule has 1 aromatic heterocycles. The van der Waals surface area contributed by atoms with Crippen LogP contribution in [-0.4, -0.2) is 14.9 Å². The van der Waals surface area contributed by atoms with E-state index in [0.29, 0.717) is 11.4 Å². The molecule has 4 heteroatoms. The highest BCUT2D eigenvalue weighted by molar-refractivity contribution is 6.31. The average molecular weight is 279 g/mol. The largest absolute Gasteiger partial charge is 0.388 e. The van der Waals surface area contributed by atoms with Crippen LogP contribution in [0.3, 0.4) is 0 Å². The van der Waals surface area contributed by atoms with Crippen molar-refractivity contribution in [3.05, 3.63) is 51.8 Å². The lowest BCUT2D eigenvalue weighted by atomic mass is 10.0. The van der Waals surface area contributed by atoms with Crippen molar-refractivity contribution in [2.75, 3.05) is 0 Å². The number of aliphatic hydroxyl groups is 1. The summed E-state index contributed by atoms with van der Waals surface area (Å²) in [6, 6.07) is 7.44. The van der Waals surface area contributed by atoms with Gasteiger partial charge in [0.25, 0.3) is 0 Å². The van der Waals surface area contributed by atoms with Gasteiger partial charge in [-0.05, 0) is 43.9 Å². The minimum atomic E-state index is -0.535. The summed E-state index contributed by atoms with van der Waals surface area (Å²) in [5, 5.41) is 15.2. The molecule has 2 aromatic rings. The van der Waals surface area contributed by atoms with Crippen LogP contribution in [0.15, 0.2) is 24.3 Å². The van der Waals surface area contributed by atoms with Gasteiger partial charge in [-0.3, -0.25) is 4.68 Å². The van der Waals surface area contributed by atoms with Crippen LogP contribution >= 0.6 is 11.6 Å². The van der Waals surface area contributed by atoms with E-state index in [0.717, 1.165) is 23.4 Å². The number of nitrogens with zero attached hydrogens (tertiary/aromatic N) is 2. The summed E-state index contributed by atoms with van der Waals surface area (Å²) in [4.78, 5) is 0. The fourth-order valence-electron chi connectivity index (χ4n) is 2.36. The highest BCUT2D eigenvalue weighted by Crippen LogP contribution is 2.27. The number of hydrogen-bond donors (Lipinski definition) is 1. The second-order valence-corrected chi connectivity index (χ2v) is 5.26. The van der Waals surface area contributed by atoms with Crippen molar-refractivity contribution in [1.29, 1.82) is 0 Å². The zero-order valence-electron chi connectivity index (χ0n) is 11.5. The maximum atomic E-state index is 10.2. The van der Waals surface area contributed by atoms with E-state index < -0.39 is 6.10 Å². The van der Waals surface area contributed by atoms with Gasteiger partial charge in [-0.2, -0.15) is 5.10 Å². The maximum Gasteiger partial charge on any atom is 0.0807 e. The Morgan fingerprint density at radius 1 is 1.32 bits per heavy atom. The van der Waals surface area contributed by atoms with Crippen LogP contribution in [0.4, 0.5) is 0 Å². The Bertz CT molecular complexity index is 578. The number of aryl methyl sites for hydroxylation is 2. The minimum Gasteiger partial charge on any atom is -0.388 e. The molecule has 0 saturated heterocycles. The van der Waals surface area contributed by atoms with E-state index in [1.165, 1.54) is 5.56 Å². The Morgan fingerprint density at radius 3 is 2.58 bits per heavy atom. The molecule has 2 rings (SSSR count). The summed E-state index contributed by atoms with van der Waals surface area (Å²) in [6.07, 6.45) is 0.919. The molecule has 0 radical (unpaired) electrons. The first-order chi connectivity index (χ1) is 9.00. The summed E-state index contributed by atoms with van der Waals surface area (Å²) < 4.78 is 1.88. The van der Waals surface area contributed by atoms with Crippen molar-refractivity contribution in [2.24, 2.45) is 7.05 Å². The van der Waals surface area contributed by atoms with Crippen LogP contribution in [0.1, 0.15) is 35.0 Å². The van der Waals surface area contributed by atoms with E-state index in [9.17, 15) is 5.11 Å². The third kappa shape index (κ3) is 2.99. The number of aliphatic hydroxyl groups excluding tert-OH is 1. The van der Waals surface area contributed by atoms with E-state index in [2.05, 4.69) is 12.0 Å². The predicted molar refractivity (Wildman–Crippen MR) is 77.4 cm³/mol. The normalized spacial score (nSPS) is 12.7. The Labute approximate surface area is 118 Å². The topological polar surface area (TPSA) is 38.0 Å². The van der Waals surface area contributed by atoms with Crippen molar-refractivity contribution >= 4 is 11.6 Å². The van der Waals surface area contributed by atoms with Gasteiger partial charge in [0.1, 0.15) is 0 Å². The van der Waals surface area contributed by atoms with Gasteiger partial charge in [0.15, 0.2) is 0 Å². The van der Waals surface area contributed by atoms with Crippen LogP contribution in [0, 0.1) is 13.8 Å². The van der Waals surface area contributed by atoms with Gasteiger partial charge in [0.2, 0.25) is 0 Å². The fourth-order valence-corrected chi connectivity index (χ4v) is 2.62. The van der Waals surface area contributed by atoms with E-state index in [1.807, 2.05) is 36.9 Å². The predicted octanol–water partition coefficient (Wildman–Crippen LogP) is 3.36. The molecule has 1 atom stereocenters. The Hall–Kier alpha value is -1.32. The van der Waals surface area contributed by atoms with E-state index in [4.69, 9.17) is 11.6 Å². The van der Waals surface area contributed by atoms with E-state index >= 15 is 0 Å². The second kappa shape index (κ2) is 5.76. The van der Waals surface area contributed by atoms with Crippen LogP contribution in [0.5, 0.6) is 0 Å². The summed E-state index contributed by atoms with van der Waals surface area (Å²) in [7, 11) is 1.94. The quantitative estimate of drug-likeness (QED) is 0.931. The monoisotopic (exact) mass is 278 g/mol. The molecule has 0 fully saturated rings. The van der Waals surface area contributed by atoms with Crippen molar-refractivity contribution < 1.29 is 5.11 Å². The maximum absolute atomic E-state index is 10.2. The second-order valence-electron chi connectivity index (χ2n) is 4.85. The first-order valence-corrected chi connectivity index (χ1v) is 6.80. The van der Waals surface area contributed by atoms with Gasteiger partial charge in [0.05, 0.1) is 11.8 Å². The van der Waals surface area contributed by atoms with Gasteiger partial charge in [-0.15, -0.1) is 0 Å². The molecule has 0 spiro atoms.